The molecule has 0 saturated carbocycles. The van der Waals surface area contributed by atoms with Gasteiger partial charge in [0.2, 0.25) is 0 Å². The van der Waals surface area contributed by atoms with Crippen LogP contribution in [0.4, 0.5) is 0 Å². The molecule has 0 aliphatic heterocycles. The summed E-state index contributed by atoms with van der Waals surface area (Å²) in [6, 6.07) is 5.48. The van der Waals surface area contributed by atoms with Gasteiger partial charge in [-0.3, -0.25) is 9.98 Å². The van der Waals surface area contributed by atoms with Crippen LogP contribution in [-0.4, -0.2) is 11.7 Å². The summed E-state index contributed by atoms with van der Waals surface area (Å²) >= 11 is 0. The maximum Gasteiger partial charge on any atom is 0.113 e. The zero-order valence-electron chi connectivity index (χ0n) is 8.64. The maximum absolute atomic E-state index is 5.83. The van der Waals surface area contributed by atoms with Gasteiger partial charge in [-0.2, -0.15) is 0 Å². The first-order valence-electron chi connectivity index (χ1n) is 4.50. The molecule has 0 saturated heterocycles. The van der Waals surface area contributed by atoms with Crippen molar-refractivity contribution in [3.63, 3.8) is 0 Å². The molecule has 4 nitrogen and oxygen atoms in total. The summed E-state index contributed by atoms with van der Waals surface area (Å²) in [5, 5.41) is 0. The molecule has 0 aromatic carbocycles. The molecule has 4 N–H and O–H groups in total. The molecule has 15 heavy (non-hydrogen) atoms. The predicted octanol–water partition coefficient (Wildman–Crippen LogP) is 1.27. The van der Waals surface area contributed by atoms with E-state index >= 15 is 0 Å². The number of aromatic nitrogens is 1. The third-order valence-corrected chi connectivity index (χ3v) is 1.94. The molecule has 0 aliphatic carbocycles. The highest BCUT2D eigenvalue weighted by molar-refractivity contribution is 5.70. The third-order valence-electron chi connectivity index (χ3n) is 1.94. The number of nitrogens with zero attached hydrogens (tertiary/aromatic N) is 2. The van der Waals surface area contributed by atoms with E-state index in [1.54, 1.807) is 25.3 Å². The van der Waals surface area contributed by atoms with Gasteiger partial charge in [-0.15, -0.1) is 0 Å². The van der Waals surface area contributed by atoms with E-state index in [0.29, 0.717) is 22.8 Å². The molecule has 0 fully saturated rings. The van der Waals surface area contributed by atoms with E-state index in [4.69, 9.17) is 11.5 Å². The lowest BCUT2D eigenvalue weighted by molar-refractivity contribution is 1.19. The molecule has 1 heterocycles. The monoisotopic (exact) mass is 202 g/mol. The maximum atomic E-state index is 5.83. The smallest absolute Gasteiger partial charge is 0.113 e. The molecule has 0 radical (unpaired) electrons. The second kappa shape index (κ2) is 4.95. The van der Waals surface area contributed by atoms with Crippen LogP contribution >= 0.6 is 0 Å². The van der Waals surface area contributed by atoms with Gasteiger partial charge in [-0.25, -0.2) is 0 Å². The summed E-state index contributed by atoms with van der Waals surface area (Å²) < 4.78 is 0. The Hall–Kier alpha value is -2.10. The number of nitrogens with two attached hydrogens (primary N) is 2. The summed E-state index contributed by atoms with van der Waals surface area (Å²) in [4.78, 5) is 7.98. The summed E-state index contributed by atoms with van der Waals surface area (Å²) in [6.07, 6.45) is 3.38. The van der Waals surface area contributed by atoms with Gasteiger partial charge in [0.1, 0.15) is 5.70 Å². The fraction of sp³-hybridized carbons (Fsp3) is 0.0909. The van der Waals surface area contributed by atoms with E-state index in [0.717, 1.165) is 0 Å². The number of allylic oxidation sites excluding steroid dienone is 1. The van der Waals surface area contributed by atoms with Gasteiger partial charge in [0.25, 0.3) is 0 Å². The molecule has 4 heteroatoms. The van der Waals surface area contributed by atoms with Gasteiger partial charge in [-0.1, -0.05) is 12.1 Å². The van der Waals surface area contributed by atoms with Crippen LogP contribution in [0.25, 0.3) is 5.70 Å². The Morgan fingerprint density at radius 2 is 2.20 bits per heavy atom. The van der Waals surface area contributed by atoms with Crippen molar-refractivity contribution in [1.82, 2.24) is 4.98 Å². The molecule has 1 aromatic rings. The molecule has 0 spiro atoms. The van der Waals surface area contributed by atoms with Crippen LogP contribution in [-0.2, 0) is 0 Å². The van der Waals surface area contributed by atoms with E-state index < -0.39 is 0 Å². The van der Waals surface area contributed by atoms with E-state index in [-0.39, 0.29) is 0 Å². The average Bonchev–Trinajstić information content (AvgIpc) is 2.30. The van der Waals surface area contributed by atoms with Gasteiger partial charge in [0.05, 0.1) is 17.1 Å². The summed E-state index contributed by atoms with van der Waals surface area (Å²) in [6.45, 7) is 5.27. The van der Waals surface area contributed by atoms with Crippen molar-refractivity contribution in [2.24, 2.45) is 16.5 Å². The Labute approximate surface area is 89.0 Å². The molecule has 0 bridgehead atoms. The molecular weight excluding hydrogens is 188 g/mol. The predicted molar refractivity (Wildman–Crippen MR) is 62.8 cm³/mol. The quantitative estimate of drug-likeness (QED) is 0.572. The minimum atomic E-state index is 0.395. The Morgan fingerprint density at radius 1 is 1.47 bits per heavy atom. The minimum absolute atomic E-state index is 0.395. The standard InChI is InChI=1S/C11H14N4/c1-3-8(12)10(13)11(14-2)9-6-4-5-7-15-9/h3-7H,2,12-13H2,1H3/b8-3+,11-10+. The highest BCUT2D eigenvalue weighted by atomic mass is 14.8. The van der Waals surface area contributed by atoms with Crippen molar-refractivity contribution in [1.29, 1.82) is 0 Å². The second-order valence-electron chi connectivity index (χ2n) is 2.88. The molecule has 78 valence electrons. The lowest BCUT2D eigenvalue weighted by Crippen LogP contribution is -2.11. The molecule has 1 aromatic heterocycles. The van der Waals surface area contributed by atoms with Crippen molar-refractivity contribution in [3.05, 3.63) is 47.6 Å². The minimum Gasteiger partial charge on any atom is -0.397 e. The zero-order chi connectivity index (χ0) is 11.3. The van der Waals surface area contributed by atoms with Crippen LogP contribution in [0.1, 0.15) is 12.6 Å². The van der Waals surface area contributed by atoms with Crippen molar-refractivity contribution >= 4 is 12.4 Å². The van der Waals surface area contributed by atoms with E-state index in [1.165, 1.54) is 0 Å². The third kappa shape index (κ3) is 2.43. The number of hydrogen-bond acceptors (Lipinski definition) is 4. The number of rotatable bonds is 3. The van der Waals surface area contributed by atoms with Crippen molar-refractivity contribution in [2.45, 2.75) is 6.92 Å². The van der Waals surface area contributed by atoms with Crippen LogP contribution in [0.3, 0.4) is 0 Å². The normalized spacial score (nSPS) is 13.3. The fourth-order valence-electron chi connectivity index (χ4n) is 1.10. The van der Waals surface area contributed by atoms with Crippen LogP contribution in [0.2, 0.25) is 0 Å². The van der Waals surface area contributed by atoms with Gasteiger partial charge in [0, 0.05) is 6.20 Å². The molecule has 0 amide bonds. The van der Waals surface area contributed by atoms with E-state index in [1.807, 2.05) is 12.1 Å². The Morgan fingerprint density at radius 3 is 2.67 bits per heavy atom. The molecule has 0 aliphatic rings. The first-order chi connectivity index (χ1) is 7.20. The van der Waals surface area contributed by atoms with Gasteiger partial charge in [0.15, 0.2) is 0 Å². The van der Waals surface area contributed by atoms with Crippen molar-refractivity contribution < 1.29 is 0 Å². The molecule has 0 atom stereocenters. The fourth-order valence-corrected chi connectivity index (χ4v) is 1.10. The largest absolute Gasteiger partial charge is 0.397 e. The lowest BCUT2D eigenvalue weighted by atomic mass is 10.2. The first-order valence-corrected chi connectivity index (χ1v) is 4.50. The Kier molecular flexibility index (Phi) is 3.62. The Bertz CT molecular complexity index is 404. The highest BCUT2D eigenvalue weighted by Gasteiger charge is 2.07. The highest BCUT2D eigenvalue weighted by Crippen LogP contribution is 2.17. The lowest BCUT2D eigenvalue weighted by Gasteiger charge is -2.06. The van der Waals surface area contributed by atoms with Crippen LogP contribution < -0.4 is 11.5 Å². The van der Waals surface area contributed by atoms with Gasteiger partial charge in [-0.05, 0) is 25.8 Å². The van der Waals surface area contributed by atoms with E-state index in [2.05, 4.69) is 16.7 Å². The average molecular weight is 202 g/mol. The van der Waals surface area contributed by atoms with Gasteiger partial charge >= 0.3 is 0 Å². The second-order valence-corrected chi connectivity index (χ2v) is 2.88. The Balaban J connectivity index is 3.26. The zero-order valence-corrected chi connectivity index (χ0v) is 8.64. The summed E-state index contributed by atoms with van der Waals surface area (Å²) in [5.41, 5.74) is 13.6. The van der Waals surface area contributed by atoms with Gasteiger partial charge < -0.3 is 11.5 Å². The number of hydrogen-bond donors (Lipinski definition) is 2. The molecule has 0 unspecified atom stereocenters. The van der Waals surface area contributed by atoms with E-state index in [9.17, 15) is 0 Å². The topological polar surface area (TPSA) is 77.3 Å². The van der Waals surface area contributed by atoms with Crippen LogP contribution in [0.15, 0.2) is 46.9 Å². The SMILES string of the molecule is C=N/C(=C(N)\C(N)=C/C)c1ccccn1. The summed E-state index contributed by atoms with van der Waals surface area (Å²) in [5.74, 6) is 0. The molecular formula is C11H14N4. The van der Waals surface area contributed by atoms with Crippen LogP contribution in [0, 0.1) is 0 Å². The number of pyridine rings is 1. The molecule has 1 rings (SSSR count). The number of aliphatic imine (C=N–C) groups is 1. The van der Waals surface area contributed by atoms with Crippen LogP contribution in [0.5, 0.6) is 0 Å². The van der Waals surface area contributed by atoms with Crippen molar-refractivity contribution in [3.8, 4) is 0 Å². The van der Waals surface area contributed by atoms with Crippen molar-refractivity contribution in [2.75, 3.05) is 0 Å². The first kappa shape index (κ1) is 11.0. The summed E-state index contributed by atoms with van der Waals surface area (Å²) in [7, 11) is 0.